The van der Waals surface area contributed by atoms with Crippen molar-refractivity contribution in [3.05, 3.63) is 71.0 Å². The lowest BCUT2D eigenvalue weighted by atomic mass is 10.2. The van der Waals surface area contributed by atoms with Crippen molar-refractivity contribution < 1.29 is 17.9 Å². The summed E-state index contributed by atoms with van der Waals surface area (Å²) in [6.45, 7) is 3.85. The molecule has 0 saturated heterocycles. The molecule has 3 rings (SSSR count). The molecule has 154 valence electrons. The summed E-state index contributed by atoms with van der Waals surface area (Å²) in [7, 11) is -0.576. The Bertz CT molecular complexity index is 989. The van der Waals surface area contributed by atoms with E-state index in [2.05, 4.69) is 10.2 Å². The number of hydrogen-bond acceptors (Lipinski definition) is 5. The number of aromatic nitrogens is 2. The minimum Gasteiger partial charge on any atom is -0.497 e. The summed E-state index contributed by atoms with van der Waals surface area (Å²) < 4.78 is 38.9. The van der Waals surface area contributed by atoms with Crippen LogP contribution in [-0.2, 0) is 23.1 Å². The molecule has 0 aliphatic rings. The molecule has 3 aromatic rings. The Labute approximate surface area is 171 Å². The van der Waals surface area contributed by atoms with Crippen LogP contribution in [0.2, 0.25) is 0 Å². The average molecular weight is 416 g/mol. The van der Waals surface area contributed by atoms with Gasteiger partial charge in [0, 0.05) is 13.1 Å². The number of methoxy groups -OCH3 is 2. The van der Waals surface area contributed by atoms with Gasteiger partial charge in [-0.15, -0.1) is 0 Å². The van der Waals surface area contributed by atoms with E-state index in [1.165, 1.54) is 4.31 Å². The van der Waals surface area contributed by atoms with Gasteiger partial charge in [0.25, 0.3) is 0 Å². The van der Waals surface area contributed by atoms with Crippen LogP contribution in [0.15, 0.2) is 53.4 Å². The van der Waals surface area contributed by atoms with Gasteiger partial charge in [0.05, 0.1) is 25.6 Å². The molecule has 7 nitrogen and oxygen atoms in total. The van der Waals surface area contributed by atoms with E-state index in [-0.39, 0.29) is 18.0 Å². The van der Waals surface area contributed by atoms with Gasteiger partial charge in [0.15, 0.2) is 0 Å². The maximum absolute atomic E-state index is 13.5. The summed E-state index contributed by atoms with van der Waals surface area (Å²) in [5.41, 5.74) is 2.71. The minimum absolute atomic E-state index is 0.222. The molecular formula is C21H25N3O4S. The molecule has 0 bridgehead atoms. The quantitative estimate of drug-likeness (QED) is 0.609. The number of sulfonamides is 1. The summed E-state index contributed by atoms with van der Waals surface area (Å²) in [4.78, 5) is 0.222. The zero-order valence-corrected chi connectivity index (χ0v) is 17.8. The van der Waals surface area contributed by atoms with Gasteiger partial charge in [-0.25, -0.2) is 8.42 Å². The molecule has 0 amide bonds. The molecule has 29 heavy (non-hydrogen) atoms. The fraction of sp³-hybridized carbons (Fsp3) is 0.286. The molecule has 0 unspecified atom stereocenters. The van der Waals surface area contributed by atoms with E-state index in [0.29, 0.717) is 11.4 Å². The zero-order valence-electron chi connectivity index (χ0n) is 17.0. The van der Waals surface area contributed by atoms with Gasteiger partial charge in [-0.1, -0.05) is 24.3 Å². The highest BCUT2D eigenvalue weighted by molar-refractivity contribution is 7.89. The first-order valence-corrected chi connectivity index (χ1v) is 10.6. The maximum Gasteiger partial charge on any atom is 0.247 e. The largest absolute Gasteiger partial charge is 0.497 e. The summed E-state index contributed by atoms with van der Waals surface area (Å²) in [6, 6.07) is 14.7. The van der Waals surface area contributed by atoms with E-state index < -0.39 is 10.0 Å². The van der Waals surface area contributed by atoms with Gasteiger partial charge in [-0.05, 0) is 49.2 Å². The number of aryl methyl sites for hydroxylation is 2. The normalized spacial score (nSPS) is 11.6. The number of H-pyrrole nitrogens is 1. The molecular weight excluding hydrogens is 390 g/mol. The lowest BCUT2D eigenvalue weighted by molar-refractivity contribution is 0.397. The average Bonchev–Trinajstić information content (AvgIpc) is 3.07. The summed E-state index contributed by atoms with van der Waals surface area (Å²) in [5, 5.41) is 6.83. The van der Waals surface area contributed by atoms with Crippen molar-refractivity contribution in [1.82, 2.24) is 14.5 Å². The van der Waals surface area contributed by atoms with Crippen LogP contribution < -0.4 is 9.47 Å². The number of aromatic amines is 1. The monoisotopic (exact) mass is 415 g/mol. The van der Waals surface area contributed by atoms with Gasteiger partial charge in [-0.2, -0.15) is 9.40 Å². The molecule has 0 fully saturated rings. The molecule has 0 spiro atoms. The summed E-state index contributed by atoms with van der Waals surface area (Å²) >= 11 is 0. The smallest absolute Gasteiger partial charge is 0.247 e. The van der Waals surface area contributed by atoms with Gasteiger partial charge < -0.3 is 9.47 Å². The maximum atomic E-state index is 13.5. The molecule has 0 atom stereocenters. The SMILES string of the molecule is COc1ccc(CN(Cc2ccc(OC)cc2)S(=O)(=O)c2c(C)n[nH]c2C)cc1. The van der Waals surface area contributed by atoms with Crippen LogP contribution in [0.4, 0.5) is 0 Å². The van der Waals surface area contributed by atoms with Crippen LogP contribution in [0, 0.1) is 13.8 Å². The second-order valence-corrected chi connectivity index (χ2v) is 8.61. The third-order valence-corrected chi connectivity index (χ3v) is 6.75. The highest BCUT2D eigenvalue weighted by Crippen LogP contribution is 2.26. The molecule has 0 aliphatic heterocycles. The minimum atomic E-state index is -3.77. The Morgan fingerprint density at radius 3 is 1.66 bits per heavy atom. The van der Waals surface area contributed by atoms with E-state index in [9.17, 15) is 8.42 Å². The number of rotatable bonds is 8. The van der Waals surface area contributed by atoms with Crippen LogP contribution in [0.25, 0.3) is 0 Å². The van der Waals surface area contributed by atoms with Crippen LogP contribution in [0.5, 0.6) is 11.5 Å². The number of hydrogen-bond donors (Lipinski definition) is 1. The first-order chi connectivity index (χ1) is 13.8. The zero-order chi connectivity index (χ0) is 21.0. The standard InChI is InChI=1S/C21H25N3O4S/c1-15-21(16(2)23-22-15)29(25,26)24(13-17-5-9-19(27-3)10-6-17)14-18-7-11-20(28-4)12-8-18/h5-12H,13-14H2,1-4H3,(H,22,23). The first-order valence-electron chi connectivity index (χ1n) is 9.12. The lowest BCUT2D eigenvalue weighted by Crippen LogP contribution is -2.31. The molecule has 1 heterocycles. The van der Waals surface area contributed by atoms with Gasteiger partial charge >= 0.3 is 0 Å². The Kier molecular flexibility index (Phi) is 6.24. The summed E-state index contributed by atoms with van der Waals surface area (Å²) in [6.07, 6.45) is 0. The van der Waals surface area contributed by atoms with Crippen LogP contribution >= 0.6 is 0 Å². The van der Waals surface area contributed by atoms with Crippen molar-refractivity contribution in [1.29, 1.82) is 0 Å². The van der Waals surface area contributed by atoms with E-state index in [1.807, 2.05) is 48.5 Å². The van der Waals surface area contributed by atoms with Crippen molar-refractivity contribution in [3.63, 3.8) is 0 Å². The number of nitrogens with zero attached hydrogens (tertiary/aromatic N) is 2. The fourth-order valence-electron chi connectivity index (χ4n) is 3.14. The predicted octanol–water partition coefficient (Wildman–Crippen LogP) is 3.43. The summed E-state index contributed by atoms with van der Waals surface area (Å²) in [5.74, 6) is 1.44. The first kappa shape index (κ1) is 20.9. The second-order valence-electron chi connectivity index (χ2n) is 6.73. The molecule has 0 saturated carbocycles. The van der Waals surface area contributed by atoms with Crippen molar-refractivity contribution in [2.75, 3.05) is 14.2 Å². The van der Waals surface area contributed by atoms with Crippen molar-refractivity contribution in [2.45, 2.75) is 31.8 Å². The van der Waals surface area contributed by atoms with E-state index in [0.717, 1.165) is 22.6 Å². The Morgan fingerprint density at radius 1 is 0.862 bits per heavy atom. The molecule has 0 aliphatic carbocycles. The van der Waals surface area contributed by atoms with Crippen LogP contribution in [0.1, 0.15) is 22.5 Å². The number of benzene rings is 2. The van der Waals surface area contributed by atoms with Gasteiger partial charge in [0.2, 0.25) is 10.0 Å². The topological polar surface area (TPSA) is 84.5 Å². The van der Waals surface area contributed by atoms with Crippen molar-refractivity contribution in [3.8, 4) is 11.5 Å². The van der Waals surface area contributed by atoms with Crippen molar-refractivity contribution >= 4 is 10.0 Å². The Hall–Kier alpha value is -2.84. The molecule has 0 radical (unpaired) electrons. The lowest BCUT2D eigenvalue weighted by Gasteiger charge is -2.23. The van der Waals surface area contributed by atoms with Gasteiger partial charge in [-0.3, -0.25) is 5.10 Å². The van der Waals surface area contributed by atoms with Crippen LogP contribution in [-0.4, -0.2) is 37.1 Å². The van der Waals surface area contributed by atoms with Crippen molar-refractivity contribution in [2.24, 2.45) is 0 Å². The second kappa shape index (κ2) is 8.67. The highest BCUT2D eigenvalue weighted by atomic mass is 32.2. The highest BCUT2D eigenvalue weighted by Gasteiger charge is 2.30. The third-order valence-electron chi connectivity index (χ3n) is 4.69. The van der Waals surface area contributed by atoms with Crippen LogP contribution in [0.3, 0.4) is 0 Å². The third kappa shape index (κ3) is 4.60. The number of ether oxygens (including phenoxy) is 2. The molecule has 8 heteroatoms. The van der Waals surface area contributed by atoms with E-state index in [1.54, 1.807) is 28.1 Å². The van der Waals surface area contributed by atoms with E-state index in [4.69, 9.17) is 9.47 Å². The predicted molar refractivity (Wildman–Crippen MR) is 110 cm³/mol. The van der Waals surface area contributed by atoms with Gasteiger partial charge in [0.1, 0.15) is 16.4 Å². The van der Waals surface area contributed by atoms with E-state index >= 15 is 0 Å². The fourth-order valence-corrected chi connectivity index (χ4v) is 4.89. The Morgan fingerprint density at radius 2 is 1.31 bits per heavy atom. The Balaban J connectivity index is 1.97. The molecule has 1 aromatic heterocycles. The molecule has 2 aromatic carbocycles. The molecule has 1 N–H and O–H groups in total. The number of nitrogens with one attached hydrogen (secondary N) is 1.